The number of hydrogen-bond acceptors (Lipinski definition) is 6. The van der Waals surface area contributed by atoms with Crippen molar-refractivity contribution < 1.29 is 27.5 Å². The lowest BCUT2D eigenvalue weighted by atomic mass is 10.2. The summed E-state index contributed by atoms with van der Waals surface area (Å²) in [4.78, 5) is 43.5. The topological polar surface area (TPSA) is 90.3 Å². The van der Waals surface area contributed by atoms with E-state index in [9.17, 15) is 27.6 Å². The van der Waals surface area contributed by atoms with Crippen LogP contribution in [0.1, 0.15) is 52.8 Å². The normalized spacial score (nSPS) is 14.9. The van der Waals surface area contributed by atoms with Gasteiger partial charge in [-0.3, -0.25) is 14.2 Å². The van der Waals surface area contributed by atoms with Crippen molar-refractivity contribution in [2.45, 2.75) is 58.4 Å². The van der Waals surface area contributed by atoms with Crippen LogP contribution in [0.4, 0.5) is 18.9 Å². The van der Waals surface area contributed by atoms with Gasteiger partial charge >= 0.3 is 12.1 Å². The Bertz CT molecular complexity index is 1310. The average Bonchev–Trinajstić information content (AvgIpc) is 2.94. The summed E-state index contributed by atoms with van der Waals surface area (Å²) in [6.45, 7) is 3.59. The van der Waals surface area contributed by atoms with Crippen LogP contribution in [0.15, 0.2) is 29.1 Å². The SMILES string of the molecule is Cc1c(C(=O)OC(C)C(=O)Nc2ccc(C(F)(F)F)cc2)sc2nc3n(c(=O)c12)CCCCC3. The molecule has 0 aliphatic carbocycles. The Kier molecular flexibility index (Phi) is 6.48. The third-order valence-electron chi connectivity index (χ3n) is 5.73. The van der Waals surface area contributed by atoms with Gasteiger partial charge in [-0.25, -0.2) is 9.78 Å². The Labute approximate surface area is 196 Å². The fraction of sp³-hybridized carbons (Fsp3) is 0.391. The van der Waals surface area contributed by atoms with E-state index in [2.05, 4.69) is 10.3 Å². The number of ether oxygens (including phenoxy) is 1. The fourth-order valence-electron chi connectivity index (χ4n) is 3.86. The number of carbonyl (C=O) groups excluding carboxylic acids is 2. The number of rotatable bonds is 4. The predicted octanol–water partition coefficient (Wildman–Crippen LogP) is 4.70. The molecule has 0 spiro atoms. The van der Waals surface area contributed by atoms with Gasteiger partial charge in [0, 0.05) is 18.7 Å². The maximum absolute atomic E-state index is 13.0. The number of alkyl halides is 3. The summed E-state index contributed by atoms with van der Waals surface area (Å²) < 4.78 is 45.0. The van der Waals surface area contributed by atoms with Crippen molar-refractivity contribution in [2.75, 3.05) is 5.32 Å². The van der Waals surface area contributed by atoms with Crippen LogP contribution in [0.5, 0.6) is 0 Å². The number of thiophene rings is 1. The molecule has 0 bridgehead atoms. The van der Waals surface area contributed by atoms with E-state index >= 15 is 0 Å². The lowest BCUT2D eigenvalue weighted by Gasteiger charge is -2.14. The van der Waals surface area contributed by atoms with Crippen molar-refractivity contribution >= 4 is 39.1 Å². The third kappa shape index (κ3) is 4.70. The second-order valence-corrected chi connectivity index (χ2v) is 9.14. The van der Waals surface area contributed by atoms with Crippen molar-refractivity contribution in [2.24, 2.45) is 0 Å². The highest BCUT2D eigenvalue weighted by atomic mass is 32.1. The quantitative estimate of drug-likeness (QED) is 0.533. The molecule has 4 rings (SSSR count). The number of amides is 1. The molecule has 7 nitrogen and oxygen atoms in total. The van der Waals surface area contributed by atoms with E-state index < -0.39 is 29.7 Å². The zero-order chi connectivity index (χ0) is 24.6. The summed E-state index contributed by atoms with van der Waals surface area (Å²) in [6.07, 6.45) is -2.14. The number of fused-ring (bicyclic) bond motifs is 2. The molecule has 1 unspecified atom stereocenters. The number of hydrogen-bond donors (Lipinski definition) is 1. The summed E-state index contributed by atoms with van der Waals surface area (Å²) in [7, 11) is 0. The molecule has 1 N–H and O–H groups in total. The van der Waals surface area contributed by atoms with Gasteiger partial charge < -0.3 is 10.1 Å². The first-order valence-corrected chi connectivity index (χ1v) is 11.6. The van der Waals surface area contributed by atoms with E-state index in [1.165, 1.54) is 6.92 Å². The fourth-order valence-corrected chi connectivity index (χ4v) is 4.93. The minimum absolute atomic E-state index is 0.137. The maximum atomic E-state index is 13.0. The molecule has 11 heteroatoms. The van der Waals surface area contributed by atoms with Gasteiger partial charge in [-0.05, 0) is 56.5 Å². The Morgan fingerprint density at radius 1 is 1.18 bits per heavy atom. The first kappa shape index (κ1) is 23.9. The van der Waals surface area contributed by atoms with Crippen LogP contribution in [0, 0.1) is 6.92 Å². The van der Waals surface area contributed by atoms with E-state index in [0.717, 1.165) is 54.9 Å². The molecule has 3 heterocycles. The van der Waals surface area contributed by atoms with Crippen LogP contribution in [-0.2, 0) is 28.7 Å². The third-order valence-corrected chi connectivity index (χ3v) is 6.90. The van der Waals surface area contributed by atoms with Gasteiger partial charge in [0.2, 0.25) is 0 Å². The summed E-state index contributed by atoms with van der Waals surface area (Å²) in [6, 6.07) is 3.93. The summed E-state index contributed by atoms with van der Waals surface area (Å²) in [5.74, 6) is -0.757. The minimum Gasteiger partial charge on any atom is -0.448 e. The molecule has 1 atom stereocenters. The predicted molar refractivity (Wildman–Crippen MR) is 121 cm³/mol. The van der Waals surface area contributed by atoms with Gasteiger partial charge in [-0.2, -0.15) is 13.2 Å². The highest BCUT2D eigenvalue weighted by molar-refractivity contribution is 7.20. The number of nitrogens with one attached hydrogen (secondary N) is 1. The molecular weight excluding hydrogens is 471 g/mol. The van der Waals surface area contributed by atoms with Gasteiger partial charge in [0.05, 0.1) is 10.9 Å². The van der Waals surface area contributed by atoms with E-state index in [0.29, 0.717) is 34.6 Å². The molecule has 34 heavy (non-hydrogen) atoms. The molecule has 0 saturated carbocycles. The number of benzene rings is 1. The summed E-state index contributed by atoms with van der Waals surface area (Å²) in [5, 5.41) is 2.80. The van der Waals surface area contributed by atoms with Crippen LogP contribution >= 0.6 is 11.3 Å². The maximum Gasteiger partial charge on any atom is 0.416 e. The van der Waals surface area contributed by atoms with Gasteiger partial charge in [0.25, 0.3) is 11.5 Å². The van der Waals surface area contributed by atoms with Crippen molar-refractivity contribution in [3.05, 3.63) is 56.4 Å². The Morgan fingerprint density at radius 2 is 1.88 bits per heavy atom. The summed E-state index contributed by atoms with van der Waals surface area (Å²) >= 11 is 1.05. The first-order chi connectivity index (χ1) is 16.1. The zero-order valence-corrected chi connectivity index (χ0v) is 19.3. The number of aryl methyl sites for hydroxylation is 2. The smallest absolute Gasteiger partial charge is 0.416 e. The van der Waals surface area contributed by atoms with Crippen molar-refractivity contribution in [1.29, 1.82) is 0 Å². The second kappa shape index (κ2) is 9.21. The highest BCUT2D eigenvalue weighted by Gasteiger charge is 2.30. The second-order valence-electron chi connectivity index (χ2n) is 8.14. The van der Waals surface area contributed by atoms with Gasteiger partial charge in [0.15, 0.2) is 6.10 Å². The van der Waals surface area contributed by atoms with Crippen molar-refractivity contribution in [3.63, 3.8) is 0 Å². The van der Waals surface area contributed by atoms with Crippen LogP contribution in [-0.4, -0.2) is 27.5 Å². The lowest BCUT2D eigenvalue weighted by Crippen LogP contribution is -2.30. The number of aromatic nitrogens is 2. The molecule has 1 aromatic carbocycles. The number of carbonyl (C=O) groups is 2. The Hall–Kier alpha value is -3.21. The van der Waals surface area contributed by atoms with E-state index in [4.69, 9.17) is 4.74 Å². The largest absolute Gasteiger partial charge is 0.448 e. The molecule has 2 aromatic heterocycles. The first-order valence-electron chi connectivity index (χ1n) is 10.8. The molecule has 1 amide bonds. The van der Waals surface area contributed by atoms with Crippen LogP contribution in [0.3, 0.4) is 0 Å². The van der Waals surface area contributed by atoms with E-state index in [1.54, 1.807) is 11.5 Å². The molecule has 180 valence electrons. The number of anilines is 1. The molecule has 3 aromatic rings. The zero-order valence-electron chi connectivity index (χ0n) is 18.5. The summed E-state index contributed by atoms with van der Waals surface area (Å²) in [5.41, 5.74) is -0.426. The van der Waals surface area contributed by atoms with E-state index in [-0.39, 0.29) is 16.1 Å². The van der Waals surface area contributed by atoms with Crippen LogP contribution in [0.25, 0.3) is 10.2 Å². The highest BCUT2D eigenvalue weighted by Crippen LogP contribution is 2.31. The Balaban J connectivity index is 1.50. The van der Waals surface area contributed by atoms with Gasteiger partial charge in [0.1, 0.15) is 15.5 Å². The van der Waals surface area contributed by atoms with E-state index in [1.807, 2.05) is 0 Å². The van der Waals surface area contributed by atoms with Crippen LogP contribution in [0.2, 0.25) is 0 Å². The molecule has 1 aliphatic heterocycles. The molecule has 0 radical (unpaired) electrons. The molecule has 1 aliphatic rings. The van der Waals surface area contributed by atoms with Gasteiger partial charge in [-0.15, -0.1) is 11.3 Å². The van der Waals surface area contributed by atoms with Crippen molar-refractivity contribution in [1.82, 2.24) is 9.55 Å². The van der Waals surface area contributed by atoms with Crippen molar-refractivity contribution in [3.8, 4) is 0 Å². The minimum atomic E-state index is -4.48. The molecule has 0 fully saturated rings. The Morgan fingerprint density at radius 3 is 2.56 bits per heavy atom. The standard InChI is InChI=1S/C23H22F3N3O4S/c1-12-17-20(28-16-6-4-3-5-11-29(16)21(17)31)34-18(12)22(32)33-13(2)19(30)27-15-9-7-14(8-10-15)23(24,25)26/h7-10,13H,3-6,11H2,1-2H3,(H,27,30). The number of esters is 1. The molecular formula is C23H22F3N3O4S. The average molecular weight is 494 g/mol. The number of nitrogens with zero attached hydrogens (tertiary/aromatic N) is 2. The number of halogens is 3. The monoisotopic (exact) mass is 493 g/mol. The van der Waals surface area contributed by atoms with Crippen LogP contribution < -0.4 is 10.9 Å². The molecule has 0 saturated heterocycles. The lowest BCUT2D eigenvalue weighted by molar-refractivity contribution is -0.137. The van der Waals surface area contributed by atoms with Gasteiger partial charge in [-0.1, -0.05) is 6.42 Å².